The number of carbonyl (C=O) groups is 1. The molecule has 1 fully saturated rings. The summed E-state index contributed by atoms with van der Waals surface area (Å²) < 4.78 is 0. The molecule has 5 heteroatoms. The molecule has 1 aliphatic heterocycles. The summed E-state index contributed by atoms with van der Waals surface area (Å²) in [5, 5.41) is 5.69. The van der Waals surface area contributed by atoms with Gasteiger partial charge in [-0.2, -0.15) is 0 Å². The number of carbonyl (C=O) groups excluding carboxylic acids is 1. The van der Waals surface area contributed by atoms with Crippen LogP contribution in [0, 0.1) is 0 Å². The molecule has 1 saturated heterocycles. The molecule has 0 aliphatic carbocycles. The Morgan fingerprint density at radius 3 is 2.62 bits per heavy atom. The molecular formula is C11H16N4O. The molecule has 0 atom stereocenters. The average molecular weight is 220 g/mol. The lowest BCUT2D eigenvalue weighted by Gasteiger charge is -2.11. The third-order valence-corrected chi connectivity index (χ3v) is 2.45. The lowest BCUT2D eigenvalue weighted by Crippen LogP contribution is -2.44. The lowest BCUT2D eigenvalue weighted by molar-refractivity contribution is 0.238. The highest BCUT2D eigenvalue weighted by Gasteiger charge is 2.15. The number of benzene rings is 1. The van der Waals surface area contributed by atoms with Crippen LogP contribution in [-0.2, 0) is 6.54 Å². The van der Waals surface area contributed by atoms with Gasteiger partial charge in [0, 0.05) is 19.6 Å². The van der Waals surface area contributed by atoms with Crippen molar-refractivity contribution in [3.63, 3.8) is 0 Å². The normalized spacial score (nSPS) is 16.0. The van der Waals surface area contributed by atoms with E-state index < -0.39 is 0 Å². The third kappa shape index (κ3) is 3.22. The summed E-state index contributed by atoms with van der Waals surface area (Å²) in [5.41, 5.74) is 7.02. The molecule has 0 aromatic heterocycles. The quantitative estimate of drug-likeness (QED) is 0.578. The molecule has 1 heterocycles. The van der Waals surface area contributed by atoms with E-state index >= 15 is 0 Å². The standard InChI is InChI=1S/C11H16N4O/c16-11(15-10-7-13-14-8-10)12-6-9-4-2-1-3-5-9/h1-5,10,13-14H,6-8H2,(H2,12,15,16). The van der Waals surface area contributed by atoms with Crippen molar-refractivity contribution < 1.29 is 4.79 Å². The maximum Gasteiger partial charge on any atom is 0.315 e. The van der Waals surface area contributed by atoms with Crippen molar-refractivity contribution in [2.75, 3.05) is 13.1 Å². The van der Waals surface area contributed by atoms with Crippen LogP contribution in [0.1, 0.15) is 5.56 Å². The van der Waals surface area contributed by atoms with Gasteiger partial charge in [-0.05, 0) is 5.56 Å². The smallest absolute Gasteiger partial charge is 0.315 e. The van der Waals surface area contributed by atoms with Gasteiger partial charge in [-0.3, -0.25) is 10.9 Å². The predicted molar refractivity (Wildman–Crippen MR) is 61.6 cm³/mol. The fraction of sp³-hybridized carbons (Fsp3) is 0.364. The van der Waals surface area contributed by atoms with Gasteiger partial charge < -0.3 is 10.6 Å². The average Bonchev–Trinajstić information content (AvgIpc) is 2.81. The summed E-state index contributed by atoms with van der Waals surface area (Å²) in [6, 6.07) is 9.88. The fourth-order valence-corrected chi connectivity index (χ4v) is 1.58. The van der Waals surface area contributed by atoms with Crippen LogP contribution in [0.3, 0.4) is 0 Å². The van der Waals surface area contributed by atoms with E-state index in [0.29, 0.717) is 6.54 Å². The molecule has 4 N–H and O–H groups in total. The van der Waals surface area contributed by atoms with Crippen LogP contribution in [0.5, 0.6) is 0 Å². The van der Waals surface area contributed by atoms with Crippen LogP contribution in [0.25, 0.3) is 0 Å². The fourth-order valence-electron chi connectivity index (χ4n) is 1.58. The molecule has 1 aromatic carbocycles. The Hall–Kier alpha value is -1.59. The summed E-state index contributed by atoms with van der Waals surface area (Å²) in [4.78, 5) is 11.5. The zero-order valence-corrected chi connectivity index (χ0v) is 8.99. The van der Waals surface area contributed by atoms with Crippen molar-refractivity contribution in [1.82, 2.24) is 21.5 Å². The second-order valence-electron chi connectivity index (χ2n) is 3.77. The number of hydrazine groups is 1. The van der Waals surface area contributed by atoms with E-state index in [1.807, 2.05) is 30.3 Å². The summed E-state index contributed by atoms with van der Waals surface area (Å²) >= 11 is 0. The van der Waals surface area contributed by atoms with Gasteiger partial charge in [-0.1, -0.05) is 30.3 Å². The monoisotopic (exact) mass is 220 g/mol. The number of amides is 2. The van der Waals surface area contributed by atoms with E-state index in [2.05, 4.69) is 21.5 Å². The van der Waals surface area contributed by atoms with E-state index in [9.17, 15) is 4.79 Å². The zero-order valence-electron chi connectivity index (χ0n) is 8.99. The maximum atomic E-state index is 11.5. The molecule has 1 aromatic rings. The molecule has 16 heavy (non-hydrogen) atoms. The molecule has 86 valence electrons. The summed E-state index contributed by atoms with van der Waals surface area (Å²) in [7, 11) is 0. The highest BCUT2D eigenvalue weighted by atomic mass is 16.2. The molecule has 0 unspecified atom stereocenters. The van der Waals surface area contributed by atoms with Crippen molar-refractivity contribution in [1.29, 1.82) is 0 Å². The molecule has 0 bridgehead atoms. The predicted octanol–water partition coefficient (Wildman–Crippen LogP) is -0.0378. The van der Waals surface area contributed by atoms with Crippen LogP contribution in [0.4, 0.5) is 4.79 Å². The highest BCUT2D eigenvalue weighted by Crippen LogP contribution is 1.96. The Kier molecular flexibility index (Phi) is 3.74. The Bertz CT molecular complexity index is 335. The number of nitrogens with one attached hydrogen (secondary N) is 4. The SMILES string of the molecule is O=C(NCc1ccccc1)NC1CNNC1. The van der Waals surface area contributed by atoms with Crippen LogP contribution in [0.15, 0.2) is 30.3 Å². The minimum absolute atomic E-state index is 0.126. The van der Waals surface area contributed by atoms with Gasteiger partial charge in [-0.25, -0.2) is 4.79 Å². The summed E-state index contributed by atoms with van der Waals surface area (Å²) in [6.45, 7) is 2.08. The second kappa shape index (κ2) is 5.48. The molecule has 5 nitrogen and oxygen atoms in total. The molecule has 2 amide bonds. The van der Waals surface area contributed by atoms with Gasteiger partial charge in [0.2, 0.25) is 0 Å². The first-order valence-corrected chi connectivity index (χ1v) is 5.38. The van der Waals surface area contributed by atoms with Crippen molar-refractivity contribution in [3.8, 4) is 0 Å². The largest absolute Gasteiger partial charge is 0.334 e. The Balaban J connectivity index is 1.71. The number of urea groups is 1. The number of rotatable bonds is 3. The first-order valence-electron chi connectivity index (χ1n) is 5.38. The maximum absolute atomic E-state index is 11.5. The van der Waals surface area contributed by atoms with Crippen LogP contribution < -0.4 is 21.5 Å². The Morgan fingerprint density at radius 1 is 1.25 bits per heavy atom. The van der Waals surface area contributed by atoms with E-state index in [-0.39, 0.29) is 12.1 Å². The lowest BCUT2D eigenvalue weighted by atomic mass is 10.2. The Labute approximate surface area is 94.6 Å². The molecule has 0 radical (unpaired) electrons. The van der Waals surface area contributed by atoms with E-state index in [4.69, 9.17) is 0 Å². The van der Waals surface area contributed by atoms with Crippen LogP contribution in [-0.4, -0.2) is 25.2 Å². The number of hydrogen-bond donors (Lipinski definition) is 4. The number of hydrogen-bond acceptors (Lipinski definition) is 3. The van der Waals surface area contributed by atoms with Crippen molar-refractivity contribution >= 4 is 6.03 Å². The van der Waals surface area contributed by atoms with Crippen LogP contribution >= 0.6 is 0 Å². The molecule has 0 spiro atoms. The molecule has 0 saturated carbocycles. The van der Waals surface area contributed by atoms with Crippen molar-refractivity contribution in [2.24, 2.45) is 0 Å². The first-order chi connectivity index (χ1) is 7.84. The van der Waals surface area contributed by atoms with Gasteiger partial charge in [0.25, 0.3) is 0 Å². The molecule has 1 aliphatic rings. The molecule has 2 rings (SSSR count). The summed E-state index contributed by atoms with van der Waals surface area (Å²) in [5.74, 6) is 0. The topological polar surface area (TPSA) is 65.2 Å². The van der Waals surface area contributed by atoms with Gasteiger partial charge >= 0.3 is 6.03 Å². The minimum atomic E-state index is -0.126. The van der Waals surface area contributed by atoms with E-state index in [0.717, 1.165) is 18.7 Å². The van der Waals surface area contributed by atoms with Gasteiger partial charge in [0.1, 0.15) is 0 Å². The van der Waals surface area contributed by atoms with Crippen molar-refractivity contribution in [3.05, 3.63) is 35.9 Å². The Morgan fingerprint density at radius 2 is 1.94 bits per heavy atom. The second-order valence-corrected chi connectivity index (χ2v) is 3.77. The van der Waals surface area contributed by atoms with Crippen molar-refractivity contribution in [2.45, 2.75) is 12.6 Å². The summed E-state index contributed by atoms with van der Waals surface area (Å²) in [6.07, 6.45) is 0. The van der Waals surface area contributed by atoms with E-state index in [1.165, 1.54) is 0 Å². The zero-order chi connectivity index (χ0) is 11.2. The third-order valence-electron chi connectivity index (χ3n) is 2.45. The minimum Gasteiger partial charge on any atom is -0.334 e. The van der Waals surface area contributed by atoms with Gasteiger partial charge in [-0.15, -0.1) is 0 Å². The first kappa shape index (κ1) is 10.9. The van der Waals surface area contributed by atoms with Crippen LogP contribution in [0.2, 0.25) is 0 Å². The molecular weight excluding hydrogens is 204 g/mol. The van der Waals surface area contributed by atoms with Gasteiger partial charge in [0.05, 0.1) is 6.04 Å². The highest BCUT2D eigenvalue weighted by molar-refractivity contribution is 5.74. The van der Waals surface area contributed by atoms with Gasteiger partial charge in [0.15, 0.2) is 0 Å². The van der Waals surface area contributed by atoms with E-state index in [1.54, 1.807) is 0 Å².